The minimum Gasteiger partial charge on any atom is -0.407 e. The van der Waals surface area contributed by atoms with E-state index in [9.17, 15) is 0 Å². The first-order valence-corrected chi connectivity index (χ1v) is 13.9. The predicted octanol–water partition coefficient (Wildman–Crippen LogP) is 5.40. The third kappa shape index (κ3) is 4.67. The molecule has 0 saturated carbocycles. The summed E-state index contributed by atoms with van der Waals surface area (Å²) in [7, 11) is -2.39. The largest absolute Gasteiger partial charge is 0.407 e. The van der Waals surface area contributed by atoms with Crippen LogP contribution in [-0.4, -0.2) is 31.0 Å². The van der Waals surface area contributed by atoms with Gasteiger partial charge in [0.2, 0.25) is 0 Å². The zero-order chi connectivity index (χ0) is 19.3. The second-order valence-electron chi connectivity index (χ2n) is 8.42. The Hall–Kier alpha value is -0.683. The quantitative estimate of drug-likeness (QED) is 0.584. The first-order valence-electron chi connectivity index (χ1n) is 9.93. The highest BCUT2D eigenvalue weighted by Crippen LogP contribution is 2.39. The molecule has 0 radical (unpaired) electrons. The third-order valence-electron chi connectivity index (χ3n) is 5.30. The van der Waals surface area contributed by atoms with E-state index >= 15 is 0 Å². The molecular formula is C23H32OS2Si. The number of benzene rings is 2. The molecule has 2 aromatic carbocycles. The van der Waals surface area contributed by atoms with Gasteiger partial charge in [-0.2, -0.15) is 0 Å². The normalized spacial score (nSPS) is 17.6. The Kier molecular flexibility index (Phi) is 7.18. The minimum atomic E-state index is -2.39. The summed E-state index contributed by atoms with van der Waals surface area (Å²) in [6.45, 7) is 10.3. The lowest BCUT2D eigenvalue weighted by atomic mass is 10.2. The maximum Gasteiger partial charge on any atom is 0.261 e. The Labute approximate surface area is 174 Å². The Morgan fingerprint density at radius 2 is 1.41 bits per heavy atom. The van der Waals surface area contributed by atoms with Crippen LogP contribution in [0.3, 0.4) is 0 Å². The van der Waals surface area contributed by atoms with Gasteiger partial charge in [-0.15, -0.1) is 23.5 Å². The minimum absolute atomic E-state index is 0.0578. The van der Waals surface area contributed by atoms with Crippen molar-refractivity contribution in [2.45, 2.75) is 43.7 Å². The van der Waals surface area contributed by atoms with Gasteiger partial charge in [-0.3, -0.25) is 0 Å². The first kappa shape index (κ1) is 21.0. The molecule has 1 atom stereocenters. The van der Waals surface area contributed by atoms with Crippen molar-refractivity contribution in [3.63, 3.8) is 0 Å². The molecule has 1 fully saturated rings. The molecule has 1 heterocycles. The van der Waals surface area contributed by atoms with Gasteiger partial charge in [0.15, 0.2) is 0 Å². The van der Waals surface area contributed by atoms with Gasteiger partial charge in [-0.25, -0.2) is 0 Å². The van der Waals surface area contributed by atoms with Crippen LogP contribution in [0.2, 0.25) is 5.04 Å². The van der Waals surface area contributed by atoms with Gasteiger partial charge < -0.3 is 4.43 Å². The van der Waals surface area contributed by atoms with Crippen molar-refractivity contribution in [2.75, 3.05) is 18.1 Å². The highest BCUT2D eigenvalue weighted by atomic mass is 32.2. The summed E-state index contributed by atoms with van der Waals surface area (Å²) in [5.74, 6) is 3.14. The zero-order valence-corrected chi connectivity index (χ0v) is 19.6. The van der Waals surface area contributed by atoms with E-state index in [4.69, 9.17) is 4.43 Å². The molecule has 4 heteroatoms. The topological polar surface area (TPSA) is 9.23 Å². The number of hydrogen-bond acceptors (Lipinski definition) is 3. The van der Waals surface area contributed by atoms with E-state index in [2.05, 4.69) is 112 Å². The fourth-order valence-electron chi connectivity index (χ4n) is 3.93. The molecule has 146 valence electrons. The summed E-state index contributed by atoms with van der Waals surface area (Å²) in [5, 5.41) is 2.81. The monoisotopic (exact) mass is 416 g/mol. The number of rotatable bonds is 6. The lowest BCUT2D eigenvalue weighted by Crippen LogP contribution is -2.67. The number of hydrogen-bond donors (Lipinski definition) is 0. The Balaban J connectivity index is 1.96. The van der Waals surface area contributed by atoms with Crippen molar-refractivity contribution in [1.82, 2.24) is 0 Å². The zero-order valence-electron chi connectivity index (χ0n) is 17.0. The SMILES string of the molecule is C[C@@H](CO[Si](c1ccccc1)(c1ccccc1)C(C)(C)C)C1SCCCS1. The molecular weight excluding hydrogens is 384 g/mol. The number of thioether (sulfide) groups is 2. The molecule has 0 aromatic heterocycles. The van der Waals surface area contributed by atoms with Crippen LogP contribution in [0.1, 0.15) is 34.1 Å². The van der Waals surface area contributed by atoms with Gasteiger partial charge in [-0.05, 0) is 39.3 Å². The van der Waals surface area contributed by atoms with Crippen LogP contribution in [0.4, 0.5) is 0 Å². The highest BCUT2D eigenvalue weighted by Gasteiger charge is 2.50. The fourth-order valence-corrected chi connectivity index (χ4v) is 11.6. The van der Waals surface area contributed by atoms with Crippen molar-refractivity contribution in [3.05, 3.63) is 60.7 Å². The molecule has 1 aliphatic heterocycles. The molecule has 0 N–H and O–H groups in total. The van der Waals surface area contributed by atoms with Gasteiger partial charge >= 0.3 is 0 Å². The molecule has 0 spiro atoms. The van der Waals surface area contributed by atoms with E-state index in [1.54, 1.807) is 0 Å². The molecule has 0 aliphatic carbocycles. The van der Waals surface area contributed by atoms with Crippen LogP contribution in [0.15, 0.2) is 60.7 Å². The van der Waals surface area contributed by atoms with E-state index in [0.717, 1.165) is 6.61 Å². The van der Waals surface area contributed by atoms with Crippen LogP contribution in [-0.2, 0) is 4.43 Å². The van der Waals surface area contributed by atoms with Gasteiger partial charge in [-0.1, -0.05) is 88.4 Å². The summed E-state index contributed by atoms with van der Waals surface area (Å²) in [6.07, 6.45) is 1.34. The smallest absolute Gasteiger partial charge is 0.261 e. The molecule has 2 aromatic rings. The van der Waals surface area contributed by atoms with Crippen molar-refractivity contribution in [2.24, 2.45) is 5.92 Å². The van der Waals surface area contributed by atoms with E-state index in [1.807, 2.05) is 0 Å². The Morgan fingerprint density at radius 1 is 0.926 bits per heavy atom. The van der Waals surface area contributed by atoms with Gasteiger partial charge in [0.25, 0.3) is 8.32 Å². The van der Waals surface area contributed by atoms with E-state index in [0.29, 0.717) is 10.5 Å². The lowest BCUT2D eigenvalue weighted by molar-refractivity contribution is 0.253. The molecule has 0 bridgehead atoms. The molecule has 3 rings (SSSR count). The average molecular weight is 417 g/mol. The second-order valence-corrected chi connectivity index (χ2v) is 15.5. The summed E-state index contributed by atoms with van der Waals surface area (Å²) < 4.78 is 7.76. The van der Waals surface area contributed by atoms with Crippen molar-refractivity contribution >= 4 is 42.2 Å². The van der Waals surface area contributed by atoms with Crippen molar-refractivity contribution < 1.29 is 4.43 Å². The van der Waals surface area contributed by atoms with Crippen molar-refractivity contribution in [1.29, 1.82) is 0 Å². The van der Waals surface area contributed by atoms with E-state index in [1.165, 1.54) is 28.3 Å². The first-order chi connectivity index (χ1) is 12.9. The standard InChI is InChI=1S/C23H32OS2Si/c1-19(22-25-16-11-17-26-22)18-24-27(23(2,3)4,20-12-7-5-8-13-20)21-14-9-6-10-15-21/h5-10,12-15,19,22H,11,16-18H2,1-4H3/t19-/m0/s1. The molecule has 1 saturated heterocycles. The molecule has 0 amide bonds. The van der Waals surface area contributed by atoms with Crippen LogP contribution in [0.5, 0.6) is 0 Å². The van der Waals surface area contributed by atoms with E-state index < -0.39 is 8.32 Å². The molecule has 1 aliphatic rings. The van der Waals surface area contributed by atoms with E-state index in [-0.39, 0.29) is 5.04 Å². The van der Waals surface area contributed by atoms with Gasteiger partial charge in [0.1, 0.15) is 0 Å². The molecule has 27 heavy (non-hydrogen) atoms. The van der Waals surface area contributed by atoms with Crippen molar-refractivity contribution in [3.8, 4) is 0 Å². The summed E-state index contributed by atoms with van der Waals surface area (Å²) >= 11 is 4.24. The fraction of sp³-hybridized carbons (Fsp3) is 0.478. The van der Waals surface area contributed by atoms with Crippen LogP contribution < -0.4 is 10.4 Å². The van der Waals surface area contributed by atoms with Crippen LogP contribution >= 0.6 is 23.5 Å². The molecule has 0 unspecified atom stereocenters. The highest BCUT2D eigenvalue weighted by molar-refractivity contribution is 8.17. The maximum absolute atomic E-state index is 7.09. The predicted molar refractivity (Wildman–Crippen MR) is 126 cm³/mol. The van der Waals surface area contributed by atoms with Crippen LogP contribution in [0.25, 0.3) is 0 Å². The van der Waals surface area contributed by atoms with Gasteiger partial charge in [0, 0.05) is 6.61 Å². The van der Waals surface area contributed by atoms with Gasteiger partial charge in [0.05, 0.1) is 4.58 Å². The average Bonchev–Trinajstić information content (AvgIpc) is 2.69. The van der Waals surface area contributed by atoms with Crippen LogP contribution in [0, 0.1) is 5.92 Å². The maximum atomic E-state index is 7.09. The Morgan fingerprint density at radius 3 is 1.85 bits per heavy atom. The summed E-state index contributed by atoms with van der Waals surface area (Å²) in [4.78, 5) is 0. The lowest BCUT2D eigenvalue weighted by Gasteiger charge is -2.44. The second kappa shape index (κ2) is 9.21. The summed E-state index contributed by atoms with van der Waals surface area (Å²) in [6, 6.07) is 22.0. The Bertz CT molecular complexity index is 654. The summed E-state index contributed by atoms with van der Waals surface area (Å²) in [5.41, 5.74) is 0. The third-order valence-corrected chi connectivity index (χ3v) is 13.8. The molecule has 1 nitrogen and oxygen atoms in total.